The molecule has 1 saturated heterocycles. The summed E-state index contributed by atoms with van der Waals surface area (Å²) in [4.78, 5) is 48.6. The second-order valence-corrected chi connectivity index (χ2v) is 20.7. The summed E-state index contributed by atoms with van der Waals surface area (Å²) in [5, 5.41) is 16.4. The molecule has 3 aromatic carbocycles. The third-order valence-corrected chi connectivity index (χ3v) is 14.4. The van der Waals surface area contributed by atoms with E-state index in [4.69, 9.17) is 14.2 Å². The number of halogens is 5. The van der Waals surface area contributed by atoms with Gasteiger partial charge in [0, 0.05) is 43.3 Å². The molecule has 1 aliphatic carbocycles. The molecule has 3 aliphatic rings. The summed E-state index contributed by atoms with van der Waals surface area (Å²) in [5.74, 6) is -3.40. The minimum absolute atomic E-state index is 0.0530. The molecule has 7 rings (SSSR count). The number of ether oxygens (including phenoxy) is 3. The molecule has 0 unspecified atom stereocenters. The molecule has 71 heavy (non-hydrogen) atoms. The van der Waals surface area contributed by atoms with Crippen LogP contribution in [0, 0.1) is 24.0 Å². The molecule has 0 radical (unpaired) electrons. The number of rotatable bonds is 20. The van der Waals surface area contributed by atoms with Gasteiger partial charge in [0.1, 0.15) is 36.1 Å². The fourth-order valence-electron chi connectivity index (χ4n) is 9.80. The number of carbonyl (C=O) groups excluding carboxylic acids is 3. The Kier molecular flexibility index (Phi) is 17.4. The zero-order valence-electron chi connectivity index (χ0n) is 41.0. The van der Waals surface area contributed by atoms with Gasteiger partial charge in [-0.1, -0.05) is 69.3 Å². The average molecular weight is 1010 g/mol. The third-order valence-electron chi connectivity index (χ3n) is 13.4. The lowest BCUT2D eigenvalue weighted by Gasteiger charge is -2.42. The van der Waals surface area contributed by atoms with Gasteiger partial charge in [-0.05, 0) is 91.7 Å². The monoisotopic (exact) mass is 1010 g/mol. The summed E-state index contributed by atoms with van der Waals surface area (Å²) in [6.07, 6.45) is -2.93. The Morgan fingerprint density at radius 1 is 0.930 bits per heavy atom. The van der Waals surface area contributed by atoms with E-state index in [1.807, 2.05) is 62.4 Å². The highest BCUT2D eigenvalue weighted by Gasteiger charge is 2.47. The minimum atomic E-state index is -4.57. The molecule has 1 aromatic heterocycles. The number of aliphatic hydroxyl groups is 1. The van der Waals surface area contributed by atoms with Crippen LogP contribution in [0.1, 0.15) is 107 Å². The molecule has 4 aromatic rings. The molecule has 2 aliphatic heterocycles. The van der Waals surface area contributed by atoms with Crippen LogP contribution in [0.3, 0.4) is 0 Å². The number of β-amino-alcohol motifs (C(OH)–C–C–N with tert-alkyl or cyclic N) is 1. The van der Waals surface area contributed by atoms with Crippen molar-refractivity contribution >= 4 is 34.6 Å². The topological polar surface area (TPSA) is 143 Å². The number of amides is 3. The molecule has 12 nitrogen and oxygen atoms in total. The van der Waals surface area contributed by atoms with Gasteiger partial charge in [-0.3, -0.25) is 19.3 Å². The highest BCUT2D eigenvalue weighted by atomic mass is 32.1. The van der Waals surface area contributed by atoms with E-state index in [0.29, 0.717) is 44.3 Å². The van der Waals surface area contributed by atoms with Crippen LogP contribution < -0.4 is 15.4 Å². The number of nitrogens with one attached hydrogen (secondary N) is 2. The van der Waals surface area contributed by atoms with Crippen LogP contribution in [0.2, 0.25) is 0 Å². The molecular formula is C53H64F5N5O7S. The van der Waals surface area contributed by atoms with Crippen molar-refractivity contribution in [2.24, 2.45) is 5.41 Å². The van der Waals surface area contributed by atoms with Crippen molar-refractivity contribution in [1.29, 1.82) is 0 Å². The molecule has 3 N–H and O–H groups in total. The predicted octanol–water partition coefficient (Wildman–Crippen LogP) is 9.06. The Bertz CT molecular complexity index is 2520. The Morgan fingerprint density at radius 2 is 1.62 bits per heavy atom. The highest BCUT2D eigenvalue weighted by molar-refractivity contribution is 7.13. The van der Waals surface area contributed by atoms with Gasteiger partial charge in [-0.15, -0.1) is 11.3 Å². The minimum Gasteiger partial charge on any atom is -0.493 e. The standard InChI is InChI=1S/C53H64F5N5O7S/c1-31-22-40-39-13-9-8-12-36(39)23-41(40)47(63(31)29-53(56,57)58)46-42(54)25-38(26-43(46)55)70-19-11-7-10-18-68-20-21-69-28-45(65)61-49(52(4,5)6)51(67)62-27-37(64)24-44(62)50(66)60-32(2)34-14-16-35(17-15-34)48-33(3)59-30-71-48/h8-9,12-17,25-26,30-32,37,44,47,49,64H,7,10-11,18-24,27-29H2,1-6H3,(H,60,66)(H,61,65)/t31-,32+,37-,44+,47+,49-/m1/s1. The summed E-state index contributed by atoms with van der Waals surface area (Å²) in [6, 6.07) is 13.2. The average Bonchev–Trinajstić information content (AvgIpc) is 4.03. The van der Waals surface area contributed by atoms with E-state index in [9.17, 15) is 32.7 Å². The first-order valence-electron chi connectivity index (χ1n) is 24.2. The van der Waals surface area contributed by atoms with E-state index in [1.165, 1.54) is 4.90 Å². The third kappa shape index (κ3) is 13.2. The van der Waals surface area contributed by atoms with Gasteiger partial charge in [0.15, 0.2) is 0 Å². The number of benzene rings is 3. The molecule has 3 amide bonds. The van der Waals surface area contributed by atoms with Crippen LogP contribution in [0.15, 0.2) is 71.7 Å². The van der Waals surface area contributed by atoms with E-state index in [1.54, 1.807) is 44.5 Å². The molecule has 0 saturated carbocycles. The lowest BCUT2D eigenvalue weighted by molar-refractivity contribution is -0.155. The zero-order chi connectivity index (χ0) is 51.2. The lowest BCUT2D eigenvalue weighted by Crippen LogP contribution is -2.58. The Morgan fingerprint density at radius 3 is 2.30 bits per heavy atom. The van der Waals surface area contributed by atoms with Crippen molar-refractivity contribution in [3.05, 3.63) is 111 Å². The van der Waals surface area contributed by atoms with Gasteiger partial charge >= 0.3 is 6.18 Å². The quantitative estimate of drug-likeness (QED) is 0.0584. The number of aryl methyl sites for hydroxylation is 1. The van der Waals surface area contributed by atoms with Crippen molar-refractivity contribution in [1.82, 2.24) is 25.4 Å². The number of unbranched alkanes of at least 4 members (excludes halogenated alkanes) is 2. The van der Waals surface area contributed by atoms with Gasteiger partial charge in [0.2, 0.25) is 17.7 Å². The molecule has 6 atom stereocenters. The van der Waals surface area contributed by atoms with E-state index < -0.39 is 83.3 Å². The normalized spacial score (nSPS) is 20.1. The molecule has 18 heteroatoms. The van der Waals surface area contributed by atoms with Crippen molar-refractivity contribution in [3.8, 4) is 16.2 Å². The molecule has 1 fully saturated rings. The van der Waals surface area contributed by atoms with E-state index in [0.717, 1.165) is 55.4 Å². The summed E-state index contributed by atoms with van der Waals surface area (Å²) >= 11 is 1.56. The Labute approximate surface area is 416 Å². The van der Waals surface area contributed by atoms with Crippen molar-refractivity contribution < 1.29 is 55.7 Å². The van der Waals surface area contributed by atoms with Crippen LogP contribution in [0.25, 0.3) is 16.0 Å². The van der Waals surface area contributed by atoms with Gasteiger partial charge in [-0.25, -0.2) is 13.8 Å². The molecule has 0 spiro atoms. The number of carbonyl (C=O) groups is 3. The number of likely N-dealkylation sites (tertiary alicyclic amines) is 1. The number of hydrogen-bond donors (Lipinski definition) is 3. The number of aliphatic hydroxyl groups excluding tert-OH is 1. The Balaban J connectivity index is 0.812. The van der Waals surface area contributed by atoms with Crippen LogP contribution in [0.4, 0.5) is 22.0 Å². The number of thiazole rings is 1. The summed E-state index contributed by atoms with van der Waals surface area (Å²) in [5.41, 5.74) is 6.76. The van der Waals surface area contributed by atoms with Crippen LogP contribution in [-0.2, 0) is 30.3 Å². The zero-order valence-corrected chi connectivity index (χ0v) is 41.9. The number of aromatic nitrogens is 1. The van der Waals surface area contributed by atoms with Gasteiger partial charge < -0.3 is 34.9 Å². The van der Waals surface area contributed by atoms with Gasteiger partial charge in [0.25, 0.3) is 0 Å². The fraction of sp³-hybridized carbons (Fsp3) is 0.509. The largest absolute Gasteiger partial charge is 0.493 e. The van der Waals surface area contributed by atoms with E-state index >= 15 is 8.78 Å². The predicted molar refractivity (Wildman–Crippen MR) is 260 cm³/mol. The first-order chi connectivity index (χ1) is 33.7. The summed E-state index contributed by atoms with van der Waals surface area (Å²) < 4.78 is 90.2. The second kappa shape index (κ2) is 23.1. The molecule has 384 valence electrons. The van der Waals surface area contributed by atoms with Gasteiger partial charge in [0.05, 0.1) is 60.6 Å². The summed E-state index contributed by atoms with van der Waals surface area (Å²) in [7, 11) is 0. The molecule has 3 heterocycles. The maximum Gasteiger partial charge on any atom is 0.401 e. The number of fused-ring (bicyclic) bond motifs is 2. The van der Waals surface area contributed by atoms with Crippen LogP contribution in [-0.4, -0.2) is 114 Å². The Hall–Kier alpha value is -5.27. The van der Waals surface area contributed by atoms with E-state index in [2.05, 4.69) is 15.6 Å². The van der Waals surface area contributed by atoms with Crippen molar-refractivity contribution in [2.45, 2.75) is 123 Å². The number of hydrogen-bond acceptors (Lipinski definition) is 10. The first-order valence-corrected chi connectivity index (χ1v) is 25.1. The highest BCUT2D eigenvalue weighted by Crippen LogP contribution is 2.50. The van der Waals surface area contributed by atoms with Gasteiger partial charge in [-0.2, -0.15) is 13.2 Å². The molecule has 0 bridgehead atoms. The number of nitrogens with zero attached hydrogens (tertiary/aromatic N) is 3. The fourth-order valence-corrected chi connectivity index (χ4v) is 10.6. The summed E-state index contributed by atoms with van der Waals surface area (Å²) in [6.45, 7) is 9.98. The second-order valence-electron chi connectivity index (χ2n) is 19.8. The maximum atomic E-state index is 15.9. The molecular weight excluding hydrogens is 946 g/mol. The maximum absolute atomic E-state index is 15.9. The van der Waals surface area contributed by atoms with Crippen LogP contribution >= 0.6 is 11.3 Å². The van der Waals surface area contributed by atoms with Crippen molar-refractivity contribution in [3.63, 3.8) is 0 Å². The van der Waals surface area contributed by atoms with Crippen LogP contribution in [0.5, 0.6) is 5.75 Å². The van der Waals surface area contributed by atoms with E-state index in [-0.39, 0.29) is 51.2 Å². The first kappa shape index (κ1) is 53.5. The van der Waals surface area contributed by atoms with Crippen molar-refractivity contribution in [2.75, 3.05) is 46.1 Å². The SMILES string of the molecule is Cc1ncsc1-c1ccc([C@H](C)NC(=O)[C@@H]2C[C@@H](O)CN2C(=O)[C@@H](NC(=O)COCCOCCCCCOc2cc(F)c([C@@H]3C4=C(C[C@@H](C)N3CC(F)(F)F)c3ccccc3C4)c(F)c2)C(C)(C)C)cc1. The lowest BCUT2D eigenvalue weighted by atomic mass is 9.84. The number of alkyl halides is 3. The smallest absolute Gasteiger partial charge is 0.401 e.